The molecule has 0 spiro atoms. The zero-order valence-electron chi connectivity index (χ0n) is 24.1. The SMILES string of the molecule is CC(C)(C)c1ccc(-c2c(-c3ccccc3)cc3c(c2-c2ccc(C(C)(C)C)cc2)Cc2ccccc2-3)cc1. The topological polar surface area (TPSA) is 0 Å². The zero-order chi connectivity index (χ0) is 27.4. The third-order valence-corrected chi connectivity index (χ3v) is 8.27. The van der Waals surface area contributed by atoms with Crippen molar-refractivity contribution in [2.75, 3.05) is 0 Å². The predicted octanol–water partition coefficient (Wildman–Crippen LogP) is 10.9. The van der Waals surface area contributed by atoms with E-state index in [1.807, 2.05) is 0 Å². The van der Waals surface area contributed by atoms with Gasteiger partial charge in [0.05, 0.1) is 0 Å². The molecule has 0 aromatic heterocycles. The van der Waals surface area contributed by atoms with Crippen LogP contribution in [0.3, 0.4) is 0 Å². The third-order valence-electron chi connectivity index (χ3n) is 8.27. The molecule has 0 heterocycles. The molecule has 0 N–H and O–H groups in total. The Labute approximate surface area is 234 Å². The summed E-state index contributed by atoms with van der Waals surface area (Å²) in [4.78, 5) is 0. The molecule has 0 nitrogen and oxygen atoms in total. The van der Waals surface area contributed by atoms with Gasteiger partial charge < -0.3 is 0 Å². The molecule has 1 aliphatic carbocycles. The fraction of sp³-hybridized carbons (Fsp3) is 0.231. The number of benzene rings is 5. The van der Waals surface area contributed by atoms with Crippen LogP contribution in [0.4, 0.5) is 0 Å². The fourth-order valence-corrected chi connectivity index (χ4v) is 6.01. The molecule has 39 heavy (non-hydrogen) atoms. The molecule has 0 radical (unpaired) electrons. The molecule has 0 atom stereocenters. The number of rotatable bonds is 3. The van der Waals surface area contributed by atoms with E-state index >= 15 is 0 Å². The number of hydrogen-bond donors (Lipinski definition) is 0. The lowest BCUT2D eigenvalue weighted by Gasteiger charge is -2.24. The van der Waals surface area contributed by atoms with Crippen molar-refractivity contribution < 1.29 is 0 Å². The maximum absolute atomic E-state index is 2.45. The van der Waals surface area contributed by atoms with Crippen LogP contribution in [0.15, 0.2) is 109 Å². The van der Waals surface area contributed by atoms with E-state index in [-0.39, 0.29) is 10.8 Å². The predicted molar refractivity (Wildman–Crippen MR) is 168 cm³/mol. The van der Waals surface area contributed by atoms with Crippen LogP contribution in [0, 0.1) is 0 Å². The van der Waals surface area contributed by atoms with Crippen molar-refractivity contribution in [3.8, 4) is 44.5 Å². The molecule has 6 rings (SSSR count). The highest BCUT2D eigenvalue weighted by Crippen LogP contribution is 2.50. The van der Waals surface area contributed by atoms with Crippen molar-refractivity contribution in [3.05, 3.63) is 131 Å². The van der Waals surface area contributed by atoms with Crippen LogP contribution >= 0.6 is 0 Å². The molecule has 5 aromatic rings. The van der Waals surface area contributed by atoms with E-state index in [2.05, 4.69) is 151 Å². The molecule has 0 saturated heterocycles. The van der Waals surface area contributed by atoms with Gasteiger partial charge in [-0.25, -0.2) is 0 Å². The first-order valence-corrected chi connectivity index (χ1v) is 14.2. The maximum atomic E-state index is 2.45. The lowest BCUT2D eigenvalue weighted by molar-refractivity contribution is 0.590. The highest BCUT2D eigenvalue weighted by Gasteiger charge is 2.28. The van der Waals surface area contributed by atoms with Gasteiger partial charge in [-0.1, -0.05) is 145 Å². The lowest BCUT2D eigenvalue weighted by atomic mass is 9.80. The van der Waals surface area contributed by atoms with Crippen LogP contribution in [0.5, 0.6) is 0 Å². The van der Waals surface area contributed by atoms with E-state index in [4.69, 9.17) is 0 Å². The Hall–Kier alpha value is -3.90. The Morgan fingerprint density at radius 1 is 0.436 bits per heavy atom. The van der Waals surface area contributed by atoms with Crippen LogP contribution in [0.1, 0.15) is 63.8 Å². The van der Waals surface area contributed by atoms with E-state index < -0.39 is 0 Å². The highest BCUT2D eigenvalue weighted by atomic mass is 14.3. The Kier molecular flexibility index (Phi) is 6.11. The summed E-state index contributed by atoms with van der Waals surface area (Å²) in [6.45, 7) is 13.7. The van der Waals surface area contributed by atoms with Gasteiger partial charge in [0.2, 0.25) is 0 Å². The summed E-state index contributed by atoms with van der Waals surface area (Å²) in [5.41, 5.74) is 16.4. The molecule has 0 amide bonds. The summed E-state index contributed by atoms with van der Waals surface area (Å²) in [6, 6.07) is 41.0. The fourth-order valence-electron chi connectivity index (χ4n) is 6.01. The smallest absolute Gasteiger partial charge is 0.000705 e. The first-order valence-electron chi connectivity index (χ1n) is 14.2. The number of fused-ring (bicyclic) bond motifs is 3. The third kappa shape index (κ3) is 4.63. The van der Waals surface area contributed by atoms with Gasteiger partial charge in [-0.05, 0) is 90.1 Å². The van der Waals surface area contributed by atoms with Crippen LogP contribution in [0.25, 0.3) is 44.5 Å². The van der Waals surface area contributed by atoms with Crippen molar-refractivity contribution in [2.45, 2.75) is 58.8 Å². The van der Waals surface area contributed by atoms with Gasteiger partial charge in [0.25, 0.3) is 0 Å². The molecule has 5 aromatic carbocycles. The van der Waals surface area contributed by atoms with Crippen molar-refractivity contribution in [1.82, 2.24) is 0 Å². The standard InChI is InChI=1S/C39H38/c1-38(2,3)30-20-16-27(17-21-30)36-33(26-12-8-7-9-13-26)25-34-32-15-11-10-14-29(32)24-35(34)37(36)28-18-22-31(23-19-28)39(4,5)6/h7-23,25H,24H2,1-6H3. The van der Waals surface area contributed by atoms with Crippen molar-refractivity contribution in [2.24, 2.45) is 0 Å². The monoisotopic (exact) mass is 506 g/mol. The molecule has 0 saturated carbocycles. The Morgan fingerprint density at radius 2 is 0.949 bits per heavy atom. The maximum Gasteiger partial charge on any atom is -0.000705 e. The van der Waals surface area contributed by atoms with Crippen molar-refractivity contribution >= 4 is 0 Å². The summed E-state index contributed by atoms with van der Waals surface area (Å²) < 4.78 is 0. The highest BCUT2D eigenvalue weighted by molar-refractivity contribution is 6.01. The van der Waals surface area contributed by atoms with E-state index in [0.29, 0.717) is 0 Å². The van der Waals surface area contributed by atoms with Gasteiger partial charge in [-0.15, -0.1) is 0 Å². The molecule has 0 heteroatoms. The summed E-state index contributed by atoms with van der Waals surface area (Å²) in [7, 11) is 0. The minimum Gasteiger partial charge on any atom is -0.0622 e. The second-order valence-corrected chi connectivity index (χ2v) is 13.1. The summed E-state index contributed by atoms with van der Waals surface area (Å²) in [6.07, 6.45) is 0.962. The second kappa shape index (κ2) is 9.38. The van der Waals surface area contributed by atoms with Crippen LogP contribution in [0.2, 0.25) is 0 Å². The van der Waals surface area contributed by atoms with E-state index in [1.165, 1.54) is 66.8 Å². The Morgan fingerprint density at radius 3 is 1.51 bits per heavy atom. The van der Waals surface area contributed by atoms with E-state index in [0.717, 1.165) is 6.42 Å². The average Bonchev–Trinajstić information content (AvgIpc) is 3.30. The Balaban J connectivity index is 1.68. The Bertz CT molecular complexity index is 1640. The van der Waals surface area contributed by atoms with Crippen LogP contribution in [-0.2, 0) is 17.3 Å². The van der Waals surface area contributed by atoms with Gasteiger partial charge in [0, 0.05) is 0 Å². The minimum absolute atomic E-state index is 0.117. The van der Waals surface area contributed by atoms with Gasteiger partial charge in [0.15, 0.2) is 0 Å². The van der Waals surface area contributed by atoms with E-state index in [9.17, 15) is 0 Å². The normalized spacial score (nSPS) is 12.8. The summed E-state index contributed by atoms with van der Waals surface area (Å²) in [5.74, 6) is 0. The molecule has 194 valence electrons. The molecule has 0 unspecified atom stereocenters. The first kappa shape index (κ1) is 25.4. The van der Waals surface area contributed by atoms with Gasteiger partial charge in [-0.3, -0.25) is 0 Å². The quantitative estimate of drug-likeness (QED) is 0.224. The summed E-state index contributed by atoms with van der Waals surface area (Å²) in [5, 5.41) is 0. The first-order chi connectivity index (χ1) is 18.6. The van der Waals surface area contributed by atoms with Gasteiger partial charge in [-0.2, -0.15) is 0 Å². The van der Waals surface area contributed by atoms with Gasteiger partial charge in [0.1, 0.15) is 0 Å². The molecular formula is C39H38. The molecule has 0 aliphatic heterocycles. The largest absolute Gasteiger partial charge is 0.0622 e. The van der Waals surface area contributed by atoms with Crippen LogP contribution < -0.4 is 0 Å². The van der Waals surface area contributed by atoms with Crippen molar-refractivity contribution in [3.63, 3.8) is 0 Å². The van der Waals surface area contributed by atoms with Gasteiger partial charge >= 0.3 is 0 Å². The summed E-state index contributed by atoms with van der Waals surface area (Å²) >= 11 is 0. The van der Waals surface area contributed by atoms with Crippen LogP contribution in [-0.4, -0.2) is 0 Å². The zero-order valence-corrected chi connectivity index (χ0v) is 24.1. The molecule has 0 fully saturated rings. The average molecular weight is 507 g/mol. The molecule has 0 bridgehead atoms. The number of hydrogen-bond acceptors (Lipinski definition) is 0. The molecule has 1 aliphatic rings. The second-order valence-electron chi connectivity index (χ2n) is 13.1. The molecular weight excluding hydrogens is 468 g/mol. The van der Waals surface area contributed by atoms with E-state index in [1.54, 1.807) is 0 Å². The minimum atomic E-state index is 0.117. The van der Waals surface area contributed by atoms with Crippen molar-refractivity contribution in [1.29, 1.82) is 0 Å². The lowest BCUT2D eigenvalue weighted by Crippen LogP contribution is -2.10.